The van der Waals surface area contributed by atoms with Crippen molar-refractivity contribution in [1.82, 2.24) is 0 Å². The Labute approximate surface area is 236 Å². The third-order valence-corrected chi connectivity index (χ3v) is 11.5. The maximum atomic E-state index is 12.6. The molecule has 1 aromatic carbocycles. The number of hydrogen-bond acceptors (Lipinski definition) is 3. The minimum Gasteiger partial charge on any atom is -0.377 e. The highest BCUT2D eigenvalue weighted by molar-refractivity contribution is 5.91. The monoisotopic (exact) mass is 525 g/mol. The highest BCUT2D eigenvalue weighted by Gasteiger charge is 2.62. The molecule has 3 nitrogen and oxygen atoms in total. The van der Waals surface area contributed by atoms with Crippen LogP contribution in [0.5, 0.6) is 0 Å². The predicted molar refractivity (Wildman–Crippen MR) is 160 cm³/mol. The van der Waals surface area contributed by atoms with Crippen molar-refractivity contribution >= 4 is 11.5 Å². The largest absolute Gasteiger partial charge is 0.377 e. The van der Waals surface area contributed by atoms with Gasteiger partial charge in [-0.25, -0.2) is 0 Å². The first-order valence-corrected chi connectivity index (χ1v) is 15.8. The number of ketones is 1. The van der Waals surface area contributed by atoms with Crippen LogP contribution < -0.4 is 4.90 Å². The lowest BCUT2D eigenvalue weighted by molar-refractivity contribution is -0.114. The zero-order valence-electron chi connectivity index (χ0n) is 24.4. The molecule has 0 aromatic heterocycles. The van der Waals surface area contributed by atoms with Crippen molar-refractivity contribution < 1.29 is 9.90 Å². The number of allylic oxidation sites excluding steroid dienone is 4. The van der Waals surface area contributed by atoms with Crippen LogP contribution in [0.4, 0.5) is 5.69 Å². The summed E-state index contributed by atoms with van der Waals surface area (Å²) in [5.41, 5.74) is 6.04. The SMILES string of the molecule is CC#CC1(O)CCC2C3CCCC4=CC(=O)CC/C(=C/3C(c3ccc(N(C)C5CCCCC5)cc3)CC21C)C4. The van der Waals surface area contributed by atoms with Gasteiger partial charge in [0.15, 0.2) is 5.78 Å². The summed E-state index contributed by atoms with van der Waals surface area (Å²) in [6.45, 7) is 4.21. The molecule has 0 saturated heterocycles. The predicted octanol–water partition coefficient (Wildman–Crippen LogP) is 7.89. The van der Waals surface area contributed by atoms with Crippen molar-refractivity contribution in [3.05, 3.63) is 52.6 Å². The lowest BCUT2D eigenvalue weighted by Gasteiger charge is -2.52. The van der Waals surface area contributed by atoms with E-state index in [9.17, 15) is 9.90 Å². The summed E-state index contributed by atoms with van der Waals surface area (Å²) in [5, 5.41) is 12.0. The quantitative estimate of drug-likeness (QED) is 0.322. The Hall–Kier alpha value is -2.31. The smallest absolute Gasteiger partial charge is 0.155 e. The zero-order valence-corrected chi connectivity index (χ0v) is 24.4. The number of carbonyl (C=O) groups is 1. The molecular formula is C36H47NO2. The van der Waals surface area contributed by atoms with E-state index < -0.39 is 5.60 Å². The van der Waals surface area contributed by atoms with Crippen molar-refractivity contribution in [2.75, 3.05) is 11.9 Å². The topological polar surface area (TPSA) is 40.5 Å². The Morgan fingerprint density at radius 3 is 2.49 bits per heavy atom. The van der Waals surface area contributed by atoms with Gasteiger partial charge in [0.1, 0.15) is 5.60 Å². The average molecular weight is 526 g/mol. The molecule has 0 heterocycles. The van der Waals surface area contributed by atoms with E-state index in [1.807, 2.05) is 13.0 Å². The second kappa shape index (κ2) is 10.6. The van der Waals surface area contributed by atoms with Gasteiger partial charge in [0, 0.05) is 36.5 Å². The van der Waals surface area contributed by atoms with E-state index in [0.717, 1.165) is 51.4 Å². The number of benzene rings is 1. The summed E-state index contributed by atoms with van der Waals surface area (Å²) in [4.78, 5) is 15.1. The Bertz CT molecular complexity index is 1220. The summed E-state index contributed by atoms with van der Waals surface area (Å²) >= 11 is 0. The molecule has 0 radical (unpaired) electrons. The Balaban J connectivity index is 1.42. The van der Waals surface area contributed by atoms with Gasteiger partial charge in [0.25, 0.3) is 0 Å². The van der Waals surface area contributed by atoms with Crippen LogP contribution in [0.1, 0.15) is 115 Å². The molecule has 1 aromatic rings. The second-order valence-corrected chi connectivity index (χ2v) is 13.6. The number of aliphatic hydroxyl groups is 1. The molecule has 5 atom stereocenters. The molecule has 5 aliphatic carbocycles. The fourth-order valence-corrected chi connectivity index (χ4v) is 9.39. The van der Waals surface area contributed by atoms with Gasteiger partial charge in [-0.3, -0.25) is 4.79 Å². The molecule has 208 valence electrons. The molecule has 0 aliphatic heterocycles. The van der Waals surface area contributed by atoms with Gasteiger partial charge in [-0.1, -0.05) is 61.0 Å². The standard InChI is InChI=1S/C36H47NO2/c1-4-20-36(39)21-19-33-31-12-8-9-25-22-27(15-18-30(38)23-25)34(31)32(24-35(33,36)2)26-13-16-29(17-14-26)37(3)28-10-6-5-7-11-28/h13-14,16-17,23,28,31-33,39H,5-12,15,18-19,21-22,24H2,1-3H3/b34-27+. The number of rotatable bonds is 3. The van der Waals surface area contributed by atoms with E-state index in [0.29, 0.717) is 30.1 Å². The summed E-state index contributed by atoms with van der Waals surface area (Å²) in [7, 11) is 2.27. The minimum atomic E-state index is -0.922. The number of anilines is 1. The molecule has 3 saturated carbocycles. The van der Waals surface area contributed by atoms with Crippen LogP contribution in [0.15, 0.2) is 47.1 Å². The van der Waals surface area contributed by atoms with Gasteiger partial charge in [0.05, 0.1) is 0 Å². The van der Waals surface area contributed by atoms with Crippen LogP contribution in [0, 0.1) is 29.1 Å². The minimum absolute atomic E-state index is 0.231. The lowest BCUT2D eigenvalue weighted by Crippen LogP contribution is -2.50. The summed E-state index contributed by atoms with van der Waals surface area (Å²) in [5.74, 6) is 7.89. The third kappa shape index (κ3) is 4.72. The molecule has 2 bridgehead atoms. The van der Waals surface area contributed by atoms with Crippen LogP contribution in [-0.2, 0) is 4.79 Å². The molecule has 3 heteroatoms. The van der Waals surface area contributed by atoms with Gasteiger partial charge in [-0.15, -0.1) is 5.92 Å². The van der Waals surface area contributed by atoms with Gasteiger partial charge in [-0.05, 0) is 107 Å². The van der Waals surface area contributed by atoms with Crippen molar-refractivity contribution in [1.29, 1.82) is 0 Å². The maximum Gasteiger partial charge on any atom is 0.155 e. The molecule has 39 heavy (non-hydrogen) atoms. The summed E-state index contributed by atoms with van der Waals surface area (Å²) < 4.78 is 0. The molecule has 5 aliphatic rings. The number of fused-ring (bicyclic) bond motifs is 5. The zero-order chi connectivity index (χ0) is 27.2. The Morgan fingerprint density at radius 1 is 0.974 bits per heavy atom. The molecule has 6 rings (SSSR count). The summed E-state index contributed by atoms with van der Waals surface area (Å²) in [6, 6.07) is 10.1. The van der Waals surface area contributed by atoms with Crippen molar-refractivity contribution in [3.8, 4) is 11.8 Å². The third-order valence-electron chi connectivity index (χ3n) is 11.5. The Morgan fingerprint density at radius 2 is 1.74 bits per heavy atom. The second-order valence-electron chi connectivity index (χ2n) is 13.6. The molecule has 1 N–H and O–H groups in total. The fraction of sp³-hybridized carbons (Fsp3) is 0.639. The fourth-order valence-electron chi connectivity index (χ4n) is 9.39. The van der Waals surface area contributed by atoms with E-state index >= 15 is 0 Å². The maximum absolute atomic E-state index is 12.6. The molecule has 0 spiro atoms. The highest BCUT2D eigenvalue weighted by Crippen LogP contribution is 2.65. The van der Waals surface area contributed by atoms with Crippen LogP contribution in [-0.4, -0.2) is 29.6 Å². The van der Waals surface area contributed by atoms with Crippen LogP contribution in [0.2, 0.25) is 0 Å². The van der Waals surface area contributed by atoms with Crippen LogP contribution in [0.3, 0.4) is 0 Å². The van der Waals surface area contributed by atoms with E-state index in [1.165, 1.54) is 54.5 Å². The van der Waals surface area contributed by atoms with Gasteiger partial charge >= 0.3 is 0 Å². The molecular weight excluding hydrogens is 478 g/mol. The number of nitrogens with zero attached hydrogens (tertiary/aromatic N) is 1. The Kier molecular flexibility index (Phi) is 7.30. The normalized spacial score (nSPS) is 36.9. The molecule has 5 unspecified atom stereocenters. The first kappa shape index (κ1) is 26.9. The van der Waals surface area contributed by atoms with Gasteiger partial charge in [-0.2, -0.15) is 0 Å². The van der Waals surface area contributed by atoms with Crippen LogP contribution >= 0.6 is 0 Å². The van der Waals surface area contributed by atoms with Gasteiger partial charge < -0.3 is 10.0 Å². The highest BCUT2D eigenvalue weighted by atomic mass is 16.3. The van der Waals surface area contributed by atoms with Crippen molar-refractivity contribution in [2.45, 2.75) is 121 Å². The van der Waals surface area contributed by atoms with Crippen molar-refractivity contribution in [3.63, 3.8) is 0 Å². The first-order chi connectivity index (χ1) is 18.8. The molecule has 0 amide bonds. The van der Waals surface area contributed by atoms with E-state index in [1.54, 1.807) is 5.57 Å². The van der Waals surface area contributed by atoms with Gasteiger partial charge in [0.2, 0.25) is 0 Å². The first-order valence-electron chi connectivity index (χ1n) is 15.8. The van der Waals surface area contributed by atoms with Crippen molar-refractivity contribution in [2.24, 2.45) is 17.3 Å². The van der Waals surface area contributed by atoms with E-state index in [4.69, 9.17) is 0 Å². The van der Waals surface area contributed by atoms with Crippen LogP contribution in [0.25, 0.3) is 0 Å². The van der Waals surface area contributed by atoms with E-state index in [2.05, 4.69) is 55.0 Å². The summed E-state index contributed by atoms with van der Waals surface area (Å²) in [6.07, 6.45) is 17.2. The average Bonchev–Trinajstić information content (AvgIpc) is 3.06. The van der Waals surface area contributed by atoms with E-state index in [-0.39, 0.29) is 11.3 Å². The lowest BCUT2D eigenvalue weighted by atomic mass is 9.52. The molecule has 3 fully saturated rings. The number of carbonyl (C=O) groups excluding carboxylic acids is 1. The number of hydrogen-bond donors (Lipinski definition) is 1.